The smallest absolute Gasteiger partial charge is 0.270 e. The van der Waals surface area contributed by atoms with Gasteiger partial charge in [-0.15, -0.1) is 0 Å². The van der Waals surface area contributed by atoms with Crippen molar-refractivity contribution in [2.45, 2.75) is 6.92 Å². The monoisotopic (exact) mass is 237 g/mol. The zero-order valence-electron chi connectivity index (χ0n) is 9.49. The molecule has 7 heteroatoms. The highest BCUT2D eigenvalue weighted by molar-refractivity contribution is 5.95. The van der Waals surface area contributed by atoms with Crippen LogP contribution in [0.5, 0.6) is 0 Å². The molecule has 0 unspecified atom stereocenters. The molecule has 0 bridgehead atoms. The third-order valence-electron chi connectivity index (χ3n) is 1.91. The average molecular weight is 237 g/mol. The third-order valence-corrected chi connectivity index (χ3v) is 1.91. The number of rotatable bonds is 5. The average Bonchev–Trinajstić information content (AvgIpc) is 2.36. The van der Waals surface area contributed by atoms with Crippen molar-refractivity contribution in [1.29, 1.82) is 0 Å². The Morgan fingerprint density at radius 3 is 2.76 bits per heavy atom. The van der Waals surface area contributed by atoms with Crippen molar-refractivity contribution in [3.63, 3.8) is 0 Å². The minimum absolute atomic E-state index is 0.0748. The lowest BCUT2D eigenvalue weighted by Crippen LogP contribution is -2.37. The molecule has 0 aromatic carbocycles. The molecule has 0 aliphatic heterocycles. The Bertz CT molecular complexity index is 407. The zero-order chi connectivity index (χ0) is 12.7. The summed E-state index contributed by atoms with van der Waals surface area (Å²) in [6.45, 7) is 2.26. The third kappa shape index (κ3) is 4.07. The van der Waals surface area contributed by atoms with Crippen LogP contribution in [0.15, 0.2) is 18.2 Å². The molecule has 1 heterocycles. The van der Waals surface area contributed by atoms with E-state index in [1.54, 1.807) is 19.1 Å². The first-order chi connectivity index (χ1) is 8.17. The zero-order valence-corrected chi connectivity index (χ0v) is 9.49. The summed E-state index contributed by atoms with van der Waals surface area (Å²) in [6, 6.07) is 4.80. The molecule has 0 aliphatic carbocycles. The van der Waals surface area contributed by atoms with Crippen molar-refractivity contribution >= 4 is 17.6 Å². The number of carbonyl (C=O) groups excluding carboxylic acids is 2. The van der Waals surface area contributed by atoms with Crippen molar-refractivity contribution in [1.82, 2.24) is 15.6 Å². The van der Waals surface area contributed by atoms with Gasteiger partial charge >= 0.3 is 0 Å². The van der Waals surface area contributed by atoms with Crippen molar-refractivity contribution in [3.05, 3.63) is 23.9 Å². The molecule has 2 amide bonds. The number of hydrogen-bond donors (Lipinski definition) is 4. The lowest BCUT2D eigenvalue weighted by Gasteiger charge is -2.05. The van der Waals surface area contributed by atoms with Gasteiger partial charge in [-0.05, 0) is 19.1 Å². The van der Waals surface area contributed by atoms with Crippen molar-refractivity contribution in [2.75, 3.05) is 18.5 Å². The number of nitrogens with two attached hydrogens (primary N) is 1. The Balaban J connectivity index is 2.54. The molecule has 0 saturated heterocycles. The summed E-state index contributed by atoms with van der Waals surface area (Å²) < 4.78 is 0. The summed E-state index contributed by atoms with van der Waals surface area (Å²) in [5.41, 5.74) is 2.54. The van der Waals surface area contributed by atoms with E-state index in [1.165, 1.54) is 6.07 Å². The predicted molar refractivity (Wildman–Crippen MR) is 63.1 cm³/mol. The van der Waals surface area contributed by atoms with Gasteiger partial charge < -0.3 is 16.1 Å². The summed E-state index contributed by atoms with van der Waals surface area (Å²) >= 11 is 0. The molecular formula is C10H15N5O2. The van der Waals surface area contributed by atoms with Gasteiger partial charge in [0.25, 0.3) is 5.91 Å². The number of carbonyl (C=O) groups is 2. The minimum atomic E-state index is -0.423. The molecule has 7 nitrogen and oxygen atoms in total. The first kappa shape index (κ1) is 12.9. The molecular weight excluding hydrogens is 222 g/mol. The summed E-state index contributed by atoms with van der Waals surface area (Å²) in [5, 5.41) is 5.02. The Morgan fingerprint density at radius 2 is 2.12 bits per heavy atom. The number of nitrogen functional groups attached to an aromatic ring is 1. The van der Waals surface area contributed by atoms with Crippen LogP contribution in [-0.2, 0) is 4.79 Å². The summed E-state index contributed by atoms with van der Waals surface area (Å²) in [5.74, 6) is 4.89. The van der Waals surface area contributed by atoms with Crippen molar-refractivity contribution < 1.29 is 9.59 Å². The van der Waals surface area contributed by atoms with Gasteiger partial charge in [0, 0.05) is 6.54 Å². The van der Waals surface area contributed by atoms with E-state index in [2.05, 4.69) is 21.0 Å². The maximum absolute atomic E-state index is 11.6. The van der Waals surface area contributed by atoms with Gasteiger partial charge in [-0.3, -0.25) is 9.59 Å². The van der Waals surface area contributed by atoms with Gasteiger partial charge in [-0.25, -0.2) is 10.8 Å². The quantitative estimate of drug-likeness (QED) is 0.397. The van der Waals surface area contributed by atoms with E-state index in [0.717, 1.165) is 0 Å². The fourth-order valence-corrected chi connectivity index (χ4v) is 1.15. The molecule has 0 fully saturated rings. The molecule has 0 radical (unpaired) electrons. The maximum atomic E-state index is 11.6. The van der Waals surface area contributed by atoms with Gasteiger partial charge in [-0.1, -0.05) is 6.07 Å². The van der Waals surface area contributed by atoms with E-state index in [1.807, 2.05) is 0 Å². The molecule has 1 aromatic rings. The molecule has 5 N–H and O–H groups in total. The number of pyridine rings is 1. The number of hydrazine groups is 1. The van der Waals surface area contributed by atoms with Gasteiger partial charge in [0.1, 0.15) is 11.5 Å². The number of anilines is 1. The molecule has 0 saturated carbocycles. The van der Waals surface area contributed by atoms with E-state index >= 15 is 0 Å². The summed E-state index contributed by atoms with van der Waals surface area (Å²) in [4.78, 5) is 26.7. The largest absolute Gasteiger partial charge is 0.355 e. The van der Waals surface area contributed by atoms with Crippen LogP contribution >= 0.6 is 0 Å². The van der Waals surface area contributed by atoms with Crippen LogP contribution in [0.2, 0.25) is 0 Å². The van der Waals surface area contributed by atoms with E-state index in [-0.39, 0.29) is 18.1 Å². The molecule has 0 aliphatic rings. The molecule has 0 atom stereocenters. The number of aromatic nitrogens is 1. The Hall–Kier alpha value is -2.15. The fourth-order valence-electron chi connectivity index (χ4n) is 1.15. The van der Waals surface area contributed by atoms with Crippen LogP contribution < -0.4 is 21.9 Å². The summed E-state index contributed by atoms with van der Waals surface area (Å²) in [7, 11) is 0. The van der Waals surface area contributed by atoms with Crippen LogP contribution in [-0.4, -0.2) is 29.9 Å². The Labute approximate surface area is 98.8 Å². The predicted octanol–water partition coefficient (Wildman–Crippen LogP) is -0.767. The second-order valence-corrected chi connectivity index (χ2v) is 3.19. The molecule has 92 valence electrons. The molecule has 0 spiro atoms. The highest BCUT2D eigenvalue weighted by atomic mass is 16.2. The van der Waals surface area contributed by atoms with Crippen LogP contribution in [0.4, 0.5) is 5.82 Å². The van der Waals surface area contributed by atoms with Gasteiger partial charge in [0.15, 0.2) is 0 Å². The molecule has 17 heavy (non-hydrogen) atoms. The molecule has 1 aromatic heterocycles. The number of nitrogens with zero attached hydrogens (tertiary/aromatic N) is 1. The second kappa shape index (κ2) is 6.44. The van der Waals surface area contributed by atoms with Gasteiger partial charge in [-0.2, -0.15) is 0 Å². The van der Waals surface area contributed by atoms with E-state index in [4.69, 9.17) is 5.84 Å². The van der Waals surface area contributed by atoms with Crippen LogP contribution in [0.3, 0.4) is 0 Å². The first-order valence-corrected chi connectivity index (χ1v) is 5.16. The van der Waals surface area contributed by atoms with Crippen LogP contribution in [0.1, 0.15) is 17.4 Å². The highest BCUT2D eigenvalue weighted by Gasteiger charge is 2.09. The summed E-state index contributed by atoms with van der Waals surface area (Å²) in [6.07, 6.45) is 0. The Kier molecular flexibility index (Phi) is 4.89. The topological polar surface area (TPSA) is 109 Å². The molecule has 1 rings (SSSR count). The lowest BCUT2D eigenvalue weighted by molar-refractivity contribution is -0.120. The van der Waals surface area contributed by atoms with Crippen molar-refractivity contribution in [3.8, 4) is 0 Å². The lowest BCUT2D eigenvalue weighted by atomic mass is 10.3. The highest BCUT2D eigenvalue weighted by Crippen LogP contribution is 2.02. The first-order valence-electron chi connectivity index (χ1n) is 5.16. The number of nitrogens with one attached hydrogen (secondary N) is 3. The van der Waals surface area contributed by atoms with E-state index < -0.39 is 5.91 Å². The van der Waals surface area contributed by atoms with E-state index in [9.17, 15) is 9.59 Å². The fraction of sp³-hybridized carbons (Fsp3) is 0.300. The van der Waals surface area contributed by atoms with Crippen molar-refractivity contribution in [2.24, 2.45) is 5.84 Å². The Morgan fingerprint density at radius 1 is 1.35 bits per heavy atom. The minimum Gasteiger partial charge on any atom is -0.355 e. The SMILES string of the molecule is CCNC(=O)CNC(=O)c1cccc(NN)n1. The second-order valence-electron chi connectivity index (χ2n) is 3.19. The number of likely N-dealkylation sites (N-methyl/N-ethyl adjacent to an activating group) is 1. The maximum Gasteiger partial charge on any atom is 0.270 e. The van der Waals surface area contributed by atoms with Gasteiger partial charge in [0.05, 0.1) is 6.54 Å². The standard InChI is InChI=1S/C10H15N5O2/c1-2-12-9(16)6-13-10(17)7-4-3-5-8(14-7)15-11/h3-5H,2,6,11H2,1H3,(H,12,16)(H,13,17)(H,14,15). The van der Waals surface area contributed by atoms with E-state index in [0.29, 0.717) is 12.4 Å². The van der Waals surface area contributed by atoms with Gasteiger partial charge in [0.2, 0.25) is 5.91 Å². The number of amides is 2. The normalized spacial score (nSPS) is 9.53. The van der Waals surface area contributed by atoms with Crippen LogP contribution in [0.25, 0.3) is 0 Å². The number of hydrogen-bond acceptors (Lipinski definition) is 5. The van der Waals surface area contributed by atoms with Crippen LogP contribution in [0, 0.1) is 0 Å².